The number of hydrogen-bond donors (Lipinski definition) is 4. The van der Waals surface area contributed by atoms with E-state index in [4.69, 9.17) is 29.5 Å². The number of phenolic OH excluding ortho intramolecular Hbond substituents is 1. The molecule has 1 aromatic heterocycles. The molecule has 358 valence electrons. The topological polar surface area (TPSA) is 237 Å². The van der Waals surface area contributed by atoms with Crippen molar-refractivity contribution in [3.8, 4) is 5.75 Å². The van der Waals surface area contributed by atoms with Gasteiger partial charge < -0.3 is 40.6 Å². The third-order valence-corrected chi connectivity index (χ3v) is 12.5. The molecule has 2 aromatic rings. The Morgan fingerprint density at radius 2 is 1.75 bits per heavy atom. The Morgan fingerprint density at radius 3 is 2.36 bits per heavy atom. The molecular formula is C46H72N6O11S. The van der Waals surface area contributed by atoms with Crippen LogP contribution in [-0.4, -0.2) is 127 Å². The number of aromatic nitrogens is 1. The van der Waals surface area contributed by atoms with Gasteiger partial charge in [-0.25, -0.2) is 4.98 Å². The van der Waals surface area contributed by atoms with Crippen molar-refractivity contribution in [1.82, 2.24) is 20.1 Å². The van der Waals surface area contributed by atoms with Gasteiger partial charge in [-0.05, 0) is 68.8 Å². The maximum Gasteiger partial charge on any atom is 0.373 e. The largest absolute Gasteiger partial charge is 0.506 e. The molecule has 1 saturated heterocycles. The molecule has 0 radical (unpaired) electrons. The number of likely N-dealkylation sites (N-methyl/N-ethyl adjacent to an activating group) is 1. The number of likely N-dealkylation sites (tertiary alicyclic amines) is 1. The fourth-order valence-corrected chi connectivity index (χ4v) is 8.66. The zero-order chi connectivity index (χ0) is 47.8. The van der Waals surface area contributed by atoms with Crippen molar-refractivity contribution >= 4 is 52.6 Å². The van der Waals surface area contributed by atoms with Crippen LogP contribution in [0.3, 0.4) is 0 Å². The van der Waals surface area contributed by atoms with Gasteiger partial charge in [0, 0.05) is 56.7 Å². The number of anilines is 1. The third kappa shape index (κ3) is 18.9. The average Bonchev–Trinajstić information content (AvgIpc) is 3.75. The molecule has 1 aliphatic heterocycles. The highest BCUT2D eigenvalue weighted by Gasteiger charge is 2.37. The molecule has 0 aliphatic carbocycles. The number of esters is 1. The molecule has 0 unspecified atom stereocenters. The molecule has 1 aromatic carbocycles. The first-order chi connectivity index (χ1) is 30.5. The van der Waals surface area contributed by atoms with Gasteiger partial charge in [-0.2, -0.15) is 9.59 Å². The minimum absolute atomic E-state index is 0.00716. The van der Waals surface area contributed by atoms with E-state index >= 15 is 0 Å². The van der Waals surface area contributed by atoms with Gasteiger partial charge in [0.1, 0.15) is 16.5 Å². The summed E-state index contributed by atoms with van der Waals surface area (Å²) < 4.78 is 16.5. The van der Waals surface area contributed by atoms with Crippen LogP contribution in [0.4, 0.5) is 5.69 Å². The lowest BCUT2D eigenvalue weighted by Crippen LogP contribution is -2.48. The zero-order valence-electron chi connectivity index (χ0n) is 39.0. The molecule has 2 heterocycles. The van der Waals surface area contributed by atoms with Crippen LogP contribution < -0.4 is 16.4 Å². The Bertz CT molecular complexity index is 1800. The van der Waals surface area contributed by atoms with Crippen LogP contribution in [0.1, 0.15) is 126 Å². The Hall–Kier alpha value is -4.58. The van der Waals surface area contributed by atoms with Crippen LogP contribution >= 0.6 is 11.3 Å². The number of phenols is 1. The van der Waals surface area contributed by atoms with Gasteiger partial charge in [-0.15, -0.1) is 11.3 Å². The van der Waals surface area contributed by atoms with E-state index in [0.29, 0.717) is 44.2 Å². The number of rotatable bonds is 27. The maximum absolute atomic E-state index is 14.3. The summed E-state index contributed by atoms with van der Waals surface area (Å²) in [4.78, 5) is 91.4. The van der Waals surface area contributed by atoms with Gasteiger partial charge in [-0.3, -0.25) is 28.9 Å². The minimum Gasteiger partial charge on any atom is -0.506 e. The van der Waals surface area contributed by atoms with E-state index in [-0.39, 0.29) is 103 Å². The summed E-state index contributed by atoms with van der Waals surface area (Å²) in [5.74, 6) is -1.79. The highest BCUT2D eigenvalue weighted by atomic mass is 32.1. The van der Waals surface area contributed by atoms with E-state index in [0.717, 1.165) is 44.2 Å². The lowest BCUT2D eigenvalue weighted by atomic mass is 9.83. The van der Waals surface area contributed by atoms with Gasteiger partial charge >= 0.3 is 12.1 Å². The summed E-state index contributed by atoms with van der Waals surface area (Å²) in [6.45, 7) is 14.1. The number of nitrogens with one attached hydrogen (secondary N) is 2. The first kappa shape index (κ1) is 55.6. The lowest BCUT2D eigenvalue weighted by molar-refractivity contribution is -0.191. The summed E-state index contributed by atoms with van der Waals surface area (Å²) in [5.41, 5.74) is 6.64. The number of amides is 3. The van der Waals surface area contributed by atoms with Crippen LogP contribution in [-0.2, 0) is 49.4 Å². The number of carbonyl (C=O) groups excluding carboxylic acids is 7. The predicted octanol–water partition coefficient (Wildman–Crippen LogP) is 5.31. The molecule has 1 fully saturated rings. The molecular weight excluding hydrogens is 845 g/mol. The van der Waals surface area contributed by atoms with E-state index in [1.54, 1.807) is 29.5 Å². The summed E-state index contributed by atoms with van der Waals surface area (Å²) in [6, 6.07) is 4.14. The third-order valence-electron chi connectivity index (χ3n) is 11.5. The van der Waals surface area contributed by atoms with Crippen LogP contribution in [0.5, 0.6) is 5.75 Å². The Kier molecular flexibility index (Phi) is 25.9. The molecule has 5 N–H and O–H groups in total. The number of Topliss-reactive ketones (excluding diaryl/α,β-unsaturated/α-hetero) is 1. The molecule has 0 bridgehead atoms. The lowest BCUT2D eigenvalue weighted by Gasteiger charge is -2.37. The maximum atomic E-state index is 14.3. The van der Waals surface area contributed by atoms with Crippen LogP contribution in [0.25, 0.3) is 0 Å². The Morgan fingerprint density at radius 1 is 1.06 bits per heavy atom. The number of piperidine rings is 1. The molecule has 18 heteroatoms. The first-order valence-electron chi connectivity index (χ1n) is 22.4. The fraction of sp³-hybridized carbons (Fsp3) is 0.674. The van der Waals surface area contributed by atoms with Crippen LogP contribution in [0.2, 0.25) is 0 Å². The minimum atomic E-state index is -0.815. The molecule has 0 spiro atoms. The molecule has 1 aliphatic rings. The average molecular weight is 917 g/mol. The van der Waals surface area contributed by atoms with Crippen molar-refractivity contribution in [2.75, 3.05) is 58.9 Å². The summed E-state index contributed by atoms with van der Waals surface area (Å²) in [6.07, 6.45) is 5.48. The zero-order valence-corrected chi connectivity index (χ0v) is 39.8. The number of hydrogen-bond acceptors (Lipinski definition) is 15. The molecule has 6 atom stereocenters. The van der Waals surface area contributed by atoms with E-state index in [1.807, 2.05) is 41.7 Å². The van der Waals surface area contributed by atoms with Gasteiger partial charge in [-0.1, -0.05) is 59.9 Å². The highest BCUT2D eigenvalue weighted by molar-refractivity contribution is 7.09. The Balaban J connectivity index is 0.00000456. The number of nitrogens with zero attached hydrogens (tertiary/aromatic N) is 3. The van der Waals surface area contributed by atoms with Crippen molar-refractivity contribution in [3.63, 3.8) is 0 Å². The predicted molar refractivity (Wildman–Crippen MR) is 242 cm³/mol. The fourth-order valence-electron chi connectivity index (χ4n) is 7.82. The second kappa shape index (κ2) is 29.8. The monoisotopic (exact) mass is 916 g/mol. The molecule has 64 heavy (non-hydrogen) atoms. The normalized spacial score (nSPS) is 16.2. The first-order valence-corrected chi connectivity index (χ1v) is 23.3. The van der Waals surface area contributed by atoms with Crippen molar-refractivity contribution in [1.29, 1.82) is 0 Å². The van der Waals surface area contributed by atoms with Crippen molar-refractivity contribution in [3.05, 3.63) is 39.8 Å². The number of ketones is 1. The van der Waals surface area contributed by atoms with Gasteiger partial charge in [0.2, 0.25) is 11.8 Å². The van der Waals surface area contributed by atoms with E-state index < -0.39 is 18.0 Å². The molecule has 3 amide bonds. The highest BCUT2D eigenvalue weighted by Crippen LogP contribution is 2.33. The smallest absolute Gasteiger partial charge is 0.373 e. The van der Waals surface area contributed by atoms with Crippen molar-refractivity contribution < 1.29 is 52.9 Å². The quantitative estimate of drug-likeness (QED) is 0.0505. The summed E-state index contributed by atoms with van der Waals surface area (Å²) >= 11 is 1.22. The van der Waals surface area contributed by atoms with Gasteiger partial charge in [0.15, 0.2) is 11.9 Å². The summed E-state index contributed by atoms with van der Waals surface area (Å²) in [7, 11) is 3.75. The standard InChI is InChI=1S/C45H72N6O9S.CO2/c1-9-13-33(24-32-15-16-39(53)35(25-32)48-42(55)17-20-58-22-23-59-21-18-46)47-43(56)36-28-61-44(49-36)41(60-31(6)52)27-38(29(3)4)51(8)45(57)34(30(5)10-2)26-40(54)37-14-11-12-19-50(37)7;2-1-3/h15-16,25,28-30,33-34,37-38,41,53H,9-14,17-24,26-27,46H2,1-8H3,(H,47,56)(H,48,55);/t30-,33-,34-,37+,38+,41+;/m0./s1. The number of nitrogens with two attached hydrogens (primary N) is 1. The van der Waals surface area contributed by atoms with Crippen LogP contribution in [0.15, 0.2) is 23.6 Å². The molecule has 17 nitrogen and oxygen atoms in total. The number of aromatic hydroxyl groups is 1. The van der Waals surface area contributed by atoms with E-state index in [2.05, 4.69) is 20.5 Å². The SMILES string of the molecule is CCC[C@@H](Cc1ccc(O)c(NC(=O)CCOCCOCCN)c1)NC(=O)c1csc([C@@H](C[C@H](C(C)C)N(C)C(=O)[C@@H](CC(=O)[C@H]2CCCCN2C)[C@@H](C)CC)OC(C)=O)n1.O=C=O. The van der Waals surface area contributed by atoms with E-state index in [9.17, 15) is 29.1 Å². The van der Waals surface area contributed by atoms with Crippen molar-refractivity contribution in [2.24, 2.45) is 23.5 Å². The second-order valence-electron chi connectivity index (χ2n) is 16.7. The van der Waals surface area contributed by atoms with E-state index in [1.165, 1.54) is 24.3 Å². The molecule has 0 saturated carbocycles. The molecule has 3 rings (SSSR count). The number of ether oxygens (including phenoxy) is 3. The van der Waals surface area contributed by atoms with Gasteiger partial charge in [0.25, 0.3) is 5.91 Å². The van der Waals surface area contributed by atoms with Crippen molar-refractivity contribution in [2.45, 2.75) is 130 Å². The number of benzene rings is 1. The number of carbonyl (C=O) groups is 5. The number of thiazole rings is 1. The summed E-state index contributed by atoms with van der Waals surface area (Å²) in [5, 5.41) is 18.4. The second-order valence-corrected chi connectivity index (χ2v) is 17.6. The van der Waals surface area contributed by atoms with Gasteiger partial charge in [0.05, 0.1) is 44.6 Å². The van der Waals surface area contributed by atoms with Crippen LogP contribution in [0, 0.1) is 17.8 Å². The Labute approximate surface area is 382 Å².